The fraction of sp³-hybridized carbons (Fsp3) is 0.600. The van der Waals surface area contributed by atoms with Gasteiger partial charge >= 0.3 is 0 Å². The van der Waals surface area contributed by atoms with Crippen LogP contribution in [-0.2, 0) is 0 Å². The van der Waals surface area contributed by atoms with Crippen LogP contribution in [0.15, 0.2) is 12.1 Å². The molecule has 1 aromatic rings. The van der Waals surface area contributed by atoms with Gasteiger partial charge in [0.15, 0.2) is 0 Å². The Balaban J connectivity index is 2.06. The summed E-state index contributed by atoms with van der Waals surface area (Å²) in [4.78, 5) is 16.4. The number of carbonyl (C=O) groups excluding carboxylic acids is 1. The number of nitrogens with zero attached hydrogens (tertiary/aromatic N) is 1. The topological polar surface area (TPSA) is 54.0 Å². The molecule has 0 spiro atoms. The van der Waals surface area contributed by atoms with E-state index in [4.69, 9.17) is 11.6 Å². The highest BCUT2D eigenvalue weighted by Crippen LogP contribution is 2.28. The number of amides is 1. The molecule has 1 fully saturated rings. The molecule has 1 amide bonds. The molecule has 0 radical (unpaired) electrons. The Morgan fingerprint density at radius 3 is 2.75 bits per heavy atom. The number of nitrogens with one attached hydrogen (secondary N) is 2. The number of pyridine rings is 1. The number of anilines is 1. The first-order valence-electron chi connectivity index (χ1n) is 7.15. The highest BCUT2D eigenvalue weighted by atomic mass is 35.5. The van der Waals surface area contributed by atoms with Crippen molar-refractivity contribution >= 4 is 23.3 Å². The molecule has 1 aliphatic rings. The summed E-state index contributed by atoms with van der Waals surface area (Å²) in [6, 6.07) is 3.58. The molecule has 0 saturated heterocycles. The van der Waals surface area contributed by atoms with Crippen molar-refractivity contribution in [3.63, 3.8) is 0 Å². The molecule has 1 aliphatic carbocycles. The Morgan fingerprint density at radius 2 is 2.10 bits per heavy atom. The summed E-state index contributed by atoms with van der Waals surface area (Å²) in [5.41, 5.74) is 0.556. The molecule has 1 heterocycles. The second-order valence-corrected chi connectivity index (χ2v) is 6.18. The number of rotatable bonds is 3. The largest absolute Gasteiger partial charge is 0.373 e. The molecule has 20 heavy (non-hydrogen) atoms. The van der Waals surface area contributed by atoms with Gasteiger partial charge in [-0.25, -0.2) is 4.98 Å². The summed E-state index contributed by atoms with van der Waals surface area (Å²) >= 11 is 5.93. The van der Waals surface area contributed by atoms with Crippen molar-refractivity contribution in [3.05, 3.63) is 22.8 Å². The standard InChI is InChI=1S/C15H22ClN3O/c1-9-4-5-12(10(2)6-9)18-15(20)11-7-13(16)19-14(8-11)17-3/h7-10,12H,4-6H2,1-3H3,(H,17,19)(H,18,20). The number of hydrogen-bond donors (Lipinski definition) is 2. The predicted octanol–water partition coefficient (Wildman–Crippen LogP) is 3.33. The van der Waals surface area contributed by atoms with Gasteiger partial charge in [0, 0.05) is 18.7 Å². The lowest BCUT2D eigenvalue weighted by atomic mass is 9.80. The van der Waals surface area contributed by atoms with Gasteiger partial charge in [-0.1, -0.05) is 25.4 Å². The maximum Gasteiger partial charge on any atom is 0.251 e. The Morgan fingerprint density at radius 1 is 1.35 bits per heavy atom. The molecule has 1 aromatic heterocycles. The van der Waals surface area contributed by atoms with Crippen LogP contribution in [0.5, 0.6) is 0 Å². The average molecular weight is 296 g/mol. The Bertz CT molecular complexity index is 492. The molecular weight excluding hydrogens is 274 g/mol. The molecule has 2 rings (SSSR count). The predicted molar refractivity (Wildman–Crippen MR) is 82.2 cm³/mol. The van der Waals surface area contributed by atoms with E-state index in [2.05, 4.69) is 29.5 Å². The third kappa shape index (κ3) is 3.63. The molecule has 3 unspecified atom stereocenters. The van der Waals surface area contributed by atoms with Crippen molar-refractivity contribution in [2.24, 2.45) is 11.8 Å². The molecule has 0 aromatic carbocycles. The van der Waals surface area contributed by atoms with Crippen LogP contribution in [0.3, 0.4) is 0 Å². The monoisotopic (exact) mass is 295 g/mol. The maximum atomic E-state index is 12.3. The SMILES string of the molecule is CNc1cc(C(=O)NC2CCC(C)CC2C)cc(Cl)n1. The van der Waals surface area contributed by atoms with Gasteiger partial charge in [-0.15, -0.1) is 0 Å². The normalized spacial score (nSPS) is 26.1. The summed E-state index contributed by atoms with van der Waals surface area (Å²) in [6.07, 6.45) is 3.39. The van der Waals surface area contributed by atoms with E-state index in [1.165, 1.54) is 12.8 Å². The van der Waals surface area contributed by atoms with Gasteiger partial charge in [0.25, 0.3) is 5.91 Å². The van der Waals surface area contributed by atoms with Gasteiger partial charge in [0.1, 0.15) is 11.0 Å². The summed E-state index contributed by atoms with van der Waals surface area (Å²) in [5, 5.41) is 6.36. The first-order valence-corrected chi connectivity index (χ1v) is 7.53. The van der Waals surface area contributed by atoms with Crippen LogP contribution in [0.1, 0.15) is 43.5 Å². The molecule has 110 valence electrons. The maximum absolute atomic E-state index is 12.3. The van der Waals surface area contributed by atoms with Crippen molar-refractivity contribution in [2.75, 3.05) is 12.4 Å². The van der Waals surface area contributed by atoms with E-state index in [0.29, 0.717) is 22.5 Å². The van der Waals surface area contributed by atoms with Crippen LogP contribution < -0.4 is 10.6 Å². The van der Waals surface area contributed by atoms with E-state index >= 15 is 0 Å². The van der Waals surface area contributed by atoms with Crippen molar-refractivity contribution < 1.29 is 4.79 Å². The Kier molecular flexibility index (Phi) is 4.86. The van der Waals surface area contributed by atoms with Crippen LogP contribution in [0.4, 0.5) is 5.82 Å². The minimum atomic E-state index is -0.0720. The summed E-state index contributed by atoms with van der Waals surface area (Å²) in [5.74, 6) is 1.80. The summed E-state index contributed by atoms with van der Waals surface area (Å²) in [7, 11) is 1.75. The first kappa shape index (κ1) is 15.1. The molecule has 0 bridgehead atoms. The molecule has 3 atom stereocenters. The summed E-state index contributed by atoms with van der Waals surface area (Å²) < 4.78 is 0. The van der Waals surface area contributed by atoms with Crippen molar-refractivity contribution in [2.45, 2.75) is 39.2 Å². The van der Waals surface area contributed by atoms with E-state index in [9.17, 15) is 4.79 Å². The lowest BCUT2D eigenvalue weighted by Crippen LogP contribution is -2.42. The van der Waals surface area contributed by atoms with Crippen molar-refractivity contribution in [3.8, 4) is 0 Å². The van der Waals surface area contributed by atoms with E-state index in [-0.39, 0.29) is 11.9 Å². The quantitative estimate of drug-likeness (QED) is 0.841. The Hall–Kier alpha value is -1.29. The summed E-state index contributed by atoms with van der Waals surface area (Å²) in [6.45, 7) is 4.48. The van der Waals surface area contributed by atoms with Gasteiger partial charge in [0.05, 0.1) is 0 Å². The smallest absolute Gasteiger partial charge is 0.251 e. The number of hydrogen-bond acceptors (Lipinski definition) is 3. The molecule has 1 saturated carbocycles. The minimum Gasteiger partial charge on any atom is -0.373 e. The van der Waals surface area contributed by atoms with Crippen molar-refractivity contribution in [1.82, 2.24) is 10.3 Å². The highest BCUT2D eigenvalue weighted by Gasteiger charge is 2.26. The molecule has 0 aliphatic heterocycles. The van der Waals surface area contributed by atoms with Crippen LogP contribution >= 0.6 is 11.6 Å². The van der Waals surface area contributed by atoms with Gasteiger partial charge in [-0.2, -0.15) is 0 Å². The first-order chi connectivity index (χ1) is 9.49. The fourth-order valence-corrected chi connectivity index (χ4v) is 3.10. The zero-order chi connectivity index (χ0) is 14.7. The number of halogens is 1. The van der Waals surface area contributed by atoms with Crippen LogP contribution in [0.25, 0.3) is 0 Å². The third-order valence-corrected chi connectivity index (χ3v) is 4.25. The highest BCUT2D eigenvalue weighted by molar-refractivity contribution is 6.29. The van der Waals surface area contributed by atoms with Gasteiger partial charge < -0.3 is 10.6 Å². The van der Waals surface area contributed by atoms with Crippen LogP contribution in [-0.4, -0.2) is 24.0 Å². The van der Waals surface area contributed by atoms with E-state index < -0.39 is 0 Å². The molecule has 5 heteroatoms. The second kappa shape index (κ2) is 6.44. The average Bonchev–Trinajstić information content (AvgIpc) is 2.41. The van der Waals surface area contributed by atoms with Gasteiger partial charge in [0.2, 0.25) is 0 Å². The fourth-order valence-electron chi connectivity index (χ4n) is 2.89. The van der Waals surface area contributed by atoms with E-state index in [0.717, 1.165) is 12.3 Å². The van der Waals surface area contributed by atoms with E-state index in [1.807, 2.05) is 0 Å². The second-order valence-electron chi connectivity index (χ2n) is 5.79. The van der Waals surface area contributed by atoms with Crippen LogP contribution in [0, 0.1) is 11.8 Å². The third-order valence-electron chi connectivity index (χ3n) is 4.06. The molecule has 4 nitrogen and oxygen atoms in total. The molecular formula is C15H22ClN3O. The minimum absolute atomic E-state index is 0.0720. The zero-order valence-corrected chi connectivity index (χ0v) is 13.0. The Labute approximate surface area is 125 Å². The van der Waals surface area contributed by atoms with E-state index in [1.54, 1.807) is 19.2 Å². The molecule has 2 N–H and O–H groups in total. The lowest BCUT2D eigenvalue weighted by Gasteiger charge is -2.33. The van der Waals surface area contributed by atoms with Crippen molar-refractivity contribution in [1.29, 1.82) is 0 Å². The number of aromatic nitrogens is 1. The lowest BCUT2D eigenvalue weighted by molar-refractivity contribution is 0.0899. The number of carbonyl (C=O) groups is 1. The van der Waals surface area contributed by atoms with Gasteiger partial charge in [-0.3, -0.25) is 4.79 Å². The van der Waals surface area contributed by atoms with Gasteiger partial charge in [-0.05, 0) is 43.2 Å². The zero-order valence-electron chi connectivity index (χ0n) is 12.2. The van der Waals surface area contributed by atoms with Crippen LogP contribution in [0.2, 0.25) is 5.15 Å².